The van der Waals surface area contributed by atoms with Crippen molar-refractivity contribution in [3.8, 4) is 0 Å². The van der Waals surface area contributed by atoms with Crippen LogP contribution in [0.1, 0.15) is 20.7 Å². The van der Waals surface area contributed by atoms with E-state index in [1.165, 1.54) is 19.2 Å². The number of rotatable bonds is 3. The number of benzene rings is 1. The Labute approximate surface area is 128 Å². The maximum absolute atomic E-state index is 11.3. The molecule has 8 heteroatoms. The molecule has 0 aliphatic heterocycles. The molecule has 0 aliphatic carbocycles. The molecular weight excluding hydrogens is 271 g/mol. The molecule has 1 aromatic carbocycles. The maximum atomic E-state index is 11.3. The summed E-state index contributed by atoms with van der Waals surface area (Å²) in [7, 11) is 2.30. The summed E-state index contributed by atoms with van der Waals surface area (Å²) in [5, 5.41) is 0. The van der Waals surface area contributed by atoms with Crippen molar-refractivity contribution in [1.82, 2.24) is 0 Å². The molecule has 0 fully saturated rings. The molecule has 0 aromatic heterocycles. The van der Waals surface area contributed by atoms with Crippen molar-refractivity contribution >= 4 is 23.0 Å². The summed E-state index contributed by atoms with van der Waals surface area (Å²) in [5.41, 5.74) is -0.0900. The molecule has 0 bridgehead atoms. The zero-order valence-corrected chi connectivity index (χ0v) is 12.9. The minimum Gasteiger partial charge on any atom is -0.768 e. The Balaban J connectivity index is 0.00000289. The van der Waals surface area contributed by atoms with Gasteiger partial charge in [0.2, 0.25) is 0 Å². The van der Waals surface area contributed by atoms with Crippen LogP contribution >= 0.6 is 0 Å². The molecule has 0 saturated carbocycles. The van der Waals surface area contributed by atoms with E-state index in [0.717, 1.165) is 13.2 Å². The second kappa shape index (κ2) is 7.65. The van der Waals surface area contributed by atoms with Crippen LogP contribution in [0, 0.1) is 0 Å². The van der Waals surface area contributed by atoms with Crippen LogP contribution in [-0.2, 0) is 20.6 Å². The topological polar surface area (TPSA) is 92.7 Å². The van der Waals surface area contributed by atoms with Gasteiger partial charge in [0, 0.05) is 4.90 Å². The van der Waals surface area contributed by atoms with Crippen LogP contribution in [0.3, 0.4) is 0 Å². The van der Waals surface area contributed by atoms with Gasteiger partial charge in [-0.15, -0.1) is 0 Å². The third-order valence-corrected chi connectivity index (χ3v) is 2.68. The van der Waals surface area contributed by atoms with Crippen molar-refractivity contribution < 1.29 is 57.4 Å². The van der Waals surface area contributed by atoms with E-state index in [0.29, 0.717) is 0 Å². The number of methoxy groups -OCH3 is 2. The molecule has 18 heavy (non-hydrogen) atoms. The minimum absolute atomic E-state index is 0. The molecule has 0 saturated heterocycles. The van der Waals surface area contributed by atoms with Gasteiger partial charge in [0.1, 0.15) is 0 Å². The Morgan fingerprint density at radius 1 is 1.17 bits per heavy atom. The Bertz CT molecular complexity index is 487. The normalized spacial score (nSPS) is 11.1. The van der Waals surface area contributed by atoms with E-state index < -0.39 is 23.0 Å². The first-order chi connectivity index (χ1) is 8.01. The third kappa shape index (κ3) is 3.89. The fourth-order valence-electron chi connectivity index (χ4n) is 1.18. The van der Waals surface area contributed by atoms with E-state index in [9.17, 15) is 18.4 Å². The van der Waals surface area contributed by atoms with Gasteiger partial charge < -0.3 is 14.0 Å². The van der Waals surface area contributed by atoms with Crippen molar-refractivity contribution in [3.05, 3.63) is 29.3 Å². The maximum Gasteiger partial charge on any atom is 1.00 e. The number of hydrogen-bond acceptors (Lipinski definition) is 6. The molecule has 1 atom stereocenters. The summed E-state index contributed by atoms with van der Waals surface area (Å²) < 4.78 is 30.8. The van der Waals surface area contributed by atoms with Crippen molar-refractivity contribution in [2.45, 2.75) is 4.90 Å². The standard InChI is InChI=1S/C10H10O6S.Na/c1-15-9(11)6-3-4-7(10(12)16-2)8(5-6)17(13)14;/h3-5H,1-2H3,(H,13,14);/q;+1/p-1. The van der Waals surface area contributed by atoms with Crippen molar-refractivity contribution in [1.29, 1.82) is 0 Å². The van der Waals surface area contributed by atoms with E-state index in [1.54, 1.807) is 0 Å². The van der Waals surface area contributed by atoms with Crippen LogP contribution in [0.5, 0.6) is 0 Å². The number of ether oxygens (including phenoxy) is 2. The zero-order chi connectivity index (χ0) is 13.0. The molecule has 1 rings (SSSR count). The van der Waals surface area contributed by atoms with Crippen molar-refractivity contribution in [3.63, 3.8) is 0 Å². The second-order valence-electron chi connectivity index (χ2n) is 2.93. The van der Waals surface area contributed by atoms with Gasteiger partial charge in [-0.2, -0.15) is 0 Å². The van der Waals surface area contributed by atoms with E-state index >= 15 is 0 Å². The predicted octanol–water partition coefficient (Wildman–Crippen LogP) is -2.50. The SMILES string of the molecule is COC(=O)c1ccc(C(=O)OC)c(S(=O)[O-])c1.[Na+]. The van der Waals surface area contributed by atoms with Crippen LogP contribution in [0.25, 0.3) is 0 Å². The van der Waals surface area contributed by atoms with Crippen molar-refractivity contribution in [2.24, 2.45) is 0 Å². The third-order valence-electron chi connectivity index (χ3n) is 1.99. The average Bonchev–Trinajstić information content (AvgIpc) is 2.35. The predicted molar refractivity (Wildman–Crippen MR) is 56.3 cm³/mol. The van der Waals surface area contributed by atoms with E-state index in [-0.39, 0.29) is 45.6 Å². The van der Waals surface area contributed by atoms with Gasteiger partial charge in [0.25, 0.3) is 0 Å². The summed E-state index contributed by atoms with van der Waals surface area (Å²) >= 11 is -2.65. The first-order valence-corrected chi connectivity index (χ1v) is 5.48. The van der Waals surface area contributed by atoms with Crippen LogP contribution in [-0.4, -0.2) is 34.9 Å². The van der Waals surface area contributed by atoms with Gasteiger partial charge in [0.15, 0.2) is 0 Å². The van der Waals surface area contributed by atoms with Crippen LogP contribution in [0.15, 0.2) is 23.1 Å². The largest absolute Gasteiger partial charge is 1.00 e. The van der Waals surface area contributed by atoms with E-state index in [4.69, 9.17) is 0 Å². The molecule has 0 aliphatic rings. The summed E-state index contributed by atoms with van der Waals surface area (Å²) in [4.78, 5) is 22.2. The summed E-state index contributed by atoms with van der Waals surface area (Å²) in [6.07, 6.45) is 0. The minimum atomic E-state index is -2.65. The molecule has 0 N–H and O–H groups in total. The van der Waals surface area contributed by atoms with Crippen LogP contribution < -0.4 is 29.6 Å². The Kier molecular flexibility index (Phi) is 7.34. The molecule has 6 nitrogen and oxygen atoms in total. The van der Waals surface area contributed by atoms with Crippen molar-refractivity contribution in [2.75, 3.05) is 14.2 Å². The first-order valence-electron chi connectivity index (χ1n) is 4.41. The fraction of sp³-hybridized carbons (Fsp3) is 0.200. The summed E-state index contributed by atoms with van der Waals surface area (Å²) in [6, 6.07) is 3.54. The quantitative estimate of drug-likeness (QED) is 0.345. The van der Waals surface area contributed by atoms with E-state index in [1.807, 2.05) is 0 Å². The Hall–Kier alpha value is -0.730. The average molecular weight is 280 g/mol. The molecule has 0 heterocycles. The Morgan fingerprint density at radius 3 is 2.17 bits per heavy atom. The summed E-state index contributed by atoms with van der Waals surface area (Å²) in [6.45, 7) is 0. The number of carbonyl (C=O) groups excluding carboxylic acids is 2. The molecule has 1 aromatic rings. The molecule has 92 valence electrons. The van der Waals surface area contributed by atoms with Gasteiger partial charge in [0.05, 0.1) is 25.3 Å². The van der Waals surface area contributed by atoms with Crippen LogP contribution in [0.4, 0.5) is 0 Å². The molecule has 0 spiro atoms. The zero-order valence-electron chi connectivity index (χ0n) is 10.1. The number of carbonyl (C=O) groups is 2. The monoisotopic (exact) mass is 280 g/mol. The molecule has 0 amide bonds. The first kappa shape index (κ1) is 17.3. The second-order valence-corrected chi connectivity index (χ2v) is 3.84. The number of hydrogen-bond donors (Lipinski definition) is 0. The molecule has 1 unspecified atom stereocenters. The summed E-state index contributed by atoms with van der Waals surface area (Å²) in [5.74, 6) is -1.48. The Morgan fingerprint density at radius 2 is 1.72 bits per heavy atom. The molecular formula is C10H9NaO6S. The number of esters is 2. The van der Waals surface area contributed by atoms with Gasteiger partial charge in [-0.3, -0.25) is 4.21 Å². The van der Waals surface area contributed by atoms with E-state index in [2.05, 4.69) is 9.47 Å². The smallest absolute Gasteiger partial charge is 0.768 e. The fourth-order valence-corrected chi connectivity index (χ4v) is 1.74. The van der Waals surface area contributed by atoms with Gasteiger partial charge in [-0.1, -0.05) is 0 Å². The van der Waals surface area contributed by atoms with Gasteiger partial charge in [-0.05, 0) is 29.3 Å². The van der Waals surface area contributed by atoms with Gasteiger partial charge >= 0.3 is 41.5 Å². The molecule has 0 radical (unpaired) electrons. The van der Waals surface area contributed by atoms with Crippen LogP contribution in [0.2, 0.25) is 0 Å². The van der Waals surface area contributed by atoms with Gasteiger partial charge in [-0.25, -0.2) is 9.59 Å².